The molecule has 162 valence electrons. The average molecular weight is 422 g/mol. The van der Waals surface area contributed by atoms with Crippen molar-refractivity contribution >= 4 is 17.4 Å². The van der Waals surface area contributed by atoms with Crippen molar-refractivity contribution in [3.8, 4) is 5.75 Å². The van der Waals surface area contributed by atoms with E-state index in [1.54, 1.807) is 36.3 Å². The van der Waals surface area contributed by atoms with Crippen LogP contribution in [0.5, 0.6) is 5.75 Å². The highest BCUT2D eigenvalue weighted by atomic mass is 16.5. The zero-order valence-electron chi connectivity index (χ0n) is 17.5. The van der Waals surface area contributed by atoms with E-state index in [0.29, 0.717) is 37.6 Å². The molecule has 1 N–H and O–H groups in total. The molecule has 2 aromatic rings. The molecule has 2 heterocycles. The molecule has 1 amide bonds. The van der Waals surface area contributed by atoms with Crippen molar-refractivity contribution in [3.05, 3.63) is 71.3 Å². The van der Waals surface area contributed by atoms with E-state index in [-0.39, 0.29) is 11.3 Å². The first-order valence-corrected chi connectivity index (χ1v) is 10.4. The average Bonchev–Trinajstić information content (AvgIpc) is 3.08. The predicted octanol–water partition coefficient (Wildman–Crippen LogP) is 2.45. The number of ether oxygens (including phenoxy) is 2. The lowest BCUT2D eigenvalue weighted by Crippen LogP contribution is -2.42. The Hall–Kier alpha value is -3.16. The number of hydrogen-bond acceptors (Lipinski definition) is 6. The fourth-order valence-corrected chi connectivity index (χ4v) is 4.07. The Labute approximate surface area is 181 Å². The third-order valence-corrected chi connectivity index (χ3v) is 5.78. The van der Waals surface area contributed by atoms with Crippen LogP contribution in [0.2, 0.25) is 0 Å². The summed E-state index contributed by atoms with van der Waals surface area (Å²) in [5.41, 5.74) is 1.37. The number of hydrogen-bond donors (Lipinski definition) is 1. The second-order valence-electron chi connectivity index (χ2n) is 7.59. The Balaban J connectivity index is 1.70. The number of ketones is 1. The predicted molar refractivity (Wildman–Crippen MR) is 116 cm³/mol. The van der Waals surface area contributed by atoms with Gasteiger partial charge in [0.15, 0.2) is 0 Å². The molecule has 2 saturated heterocycles. The molecular formula is C24H26N2O5. The Morgan fingerprint density at radius 1 is 1.03 bits per heavy atom. The molecule has 0 radical (unpaired) electrons. The topological polar surface area (TPSA) is 79.3 Å². The van der Waals surface area contributed by atoms with Crippen molar-refractivity contribution in [2.24, 2.45) is 0 Å². The molecule has 2 aliphatic heterocycles. The highest BCUT2D eigenvalue weighted by molar-refractivity contribution is 6.46. The minimum Gasteiger partial charge on any atom is -0.507 e. The van der Waals surface area contributed by atoms with Gasteiger partial charge in [-0.15, -0.1) is 0 Å². The molecule has 4 rings (SSSR count). The standard InChI is InChI=1S/C24H26N2O5/c1-30-19-9-7-18(8-10-19)22(27)20-21(17-5-3-2-4-6-17)26(24(29)23(20)28)12-11-25-13-15-31-16-14-25/h2-10,21,27H,11-16H2,1H3. The van der Waals surface area contributed by atoms with Gasteiger partial charge in [0, 0.05) is 31.7 Å². The first kappa shape index (κ1) is 21.1. The number of likely N-dealkylation sites (tertiary alicyclic amines) is 1. The molecule has 0 aliphatic carbocycles. The molecule has 1 unspecified atom stereocenters. The summed E-state index contributed by atoms with van der Waals surface area (Å²) in [6, 6.07) is 15.5. The van der Waals surface area contributed by atoms with Crippen molar-refractivity contribution < 1.29 is 24.2 Å². The Bertz CT molecular complexity index is 965. The molecule has 2 aromatic carbocycles. The summed E-state index contributed by atoms with van der Waals surface area (Å²) in [6.45, 7) is 3.96. The fraction of sp³-hybridized carbons (Fsp3) is 0.333. The lowest BCUT2D eigenvalue weighted by Gasteiger charge is -2.31. The van der Waals surface area contributed by atoms with Gasteiger partial charge in [-0.05, 0) is 29.8 Å². The van der Waals surface area contributed by atoms with Crippen molar-refractivity contribution in [3.63, 3.8) is 0 Å². The summed E-state index contributed by atoms with van der Waals surface area (Å²) in [5.74, 6) is -0.785. The maximum absolute atomic E-state index is 13.0. The van der Waals surface area contributed by atoms with Crippen LogP contribution in [0.15, 0.2) is 60.2 Å². The number of methoxy groups -OCH3 is 1. The van der Waals surface area contributed by atoms with E-state index in [1.807, 2.05) is 30.3 Å². The van der Waals surface area contributed by atoms with Crippen LogP contribution in [-0.4, -0.2) is 73.1 Å². The number of carbonyl (C=O) groups excluding carboxylic acids is 2. The highest BCUT2D eigenvalue weighted by Gasteiger charge is 2.45. The number of amides is 1. The molecule has 7 nitrogen and oxygen atoms in total. The van der Waals surface area contributed by atoms with Gasteiger partial charge in [-0.2, -0.15) is 0 Å². The Kier molecular flexibility index (Phi) is 6.34. The quantitative estimate of drug-likeness (QED) is 0.438. The van der Waals surface area contributed by atoms with E-state index < -0.39 is 17.7 Å². The van der Waals surface area contributed by atoms with Crippen molar-refractivity contribution in [1.29, 1.82) is 0 Å². The smallest absolute Gasteiger partial charge is 0.295 e. The minimum absolute atomic E-state index is 0.114. The zero-order chi connectivity index (χ0) is 21.8. The molecule has 0 saturated carbocycles. The van der Waals surface area contributed by atoms with E-state index in [0.717, 1.165) is 18.7 Å². The summed E-state index contributed by atoms with van der Waals surface area (Å²) in [6.07, 6.45) is 0. The maximum Gasteiger partial charge on any atom is 0.295 e. The second kappa shape index (κ2) is 9.32. The van der Waals surface area contributed by atoms with Crippen LogP contribution < -0.4 is 4.74 Å². The zero-order valence-corrected chi connectivity index (χ0v) is 17.5. The molecule has 31 heavy (non-hydrogen) atoms. The Morgan fingerprint density at radius 3 is 2.35 bits per heavy atom. The minimum atomic E-state index is -0.663. The van der Waals surface area contributed by atoms with Crippen LogP contribution in [0.25, 0.3) is 5.76 Å². The first-order chi connectivity index (χ1) is 15.1. The van der Waals surface area contributed by atoms with Crippen molar-refractivity contribution in [2.75, 3.05) is 46.5 Å². The van der Waals surface area contributed by atoms with Gasteiger partial charge in [-0.3, -0.25) is 14.5 Å². The van der Waals surface area contributed by atoms with Crippen molar-refractivity contribution in [1.82, 2.24) is 9.80 Å². The summed E-state index contributed by atoms with van der Waals surface area (Å²) >= 11 is 0. The van der Waals surface area contributed by atoms with Gasteiger partial charge in [0.05, 0.1) is 31.9 Å². The van der Waals surface area contributed by atoms with E-state index in [4.69, 9.17) is 9.47 Å². The number of rotatable bonds is 6. The maximum atomic E-state index is 13.0. The van der Waals surface area contributed by atoms with Crippen LogP contribution in [-0.2, 0) is 14.3 Å². The van der Waals surface area contributed by atoms with E-state index in [2.05, 4.69) is 4.90 Å². The van der Waals surface area contributed by atoms with E-state index in [9.17, 15) is 14.7 Å². The number of nitrogens with zero attached hydrogens (tertiary/aromatic N) is 2. The molecule has 2 fully saturated rings. The van der Waals surface area contributed by atoms with Crippen LogP contribution in [0.4, 0.5) is 0 Å². The molecule has 0 bridgehead atoms. The normalized spacial score (nSPS) is 21.5. The molecule has 1 atom stereocenters. The second-order valence-corrected chi connectivity index (χ2v) is 7.59. The molecule has 0 aromatic heterocycles. The van der Waals surface area contributed by atoms with Crippen LogP contribution in [0, 0.1) is 0 Å². The van der Waals surface area contributed by atoms with Gasteiger partial charge in [-0.1, -0.05) is 30.3 Å². The molecule has 0 spiro atoms. The van der Waals surface area contributed by atoms with E-state index in [1.165, 1.54) is 0 Å². The van der Waals surface area contributed by atoms with E-state index >= 15 is 0 Å². The monoisotopic (exact) mass is 422 g/mol. The van der Waals surface area contributed by atoms with Gasteiger partial charge in [0.1, 0.15) is 11.5 Å². The number of aliphatic hydroxyl groups is 1. The molecule has 7 heteroatoms. The SMILES string of the molecule is COc1ccc(C(O)=C2C(=O)C(=O)N(CCN3CCOCC3)C2c2ccccc2)cc1. The van der Waals surface area contributed by atoms with Gasteiger partial charge in [-0.25, -0.2) is 0 Å². The Morgan fingerprint density at radius 2 is 1.71 bits per heavy atom. The van der Waals surface area contributed by atoms with Gasteiger partial charge < -0.3 is 19.5 Å². The number of aliphatic hydroxyl groups excluding tert-OH is 1. The summed E-state index contributed by atoms with van der Waals surface area (Å²) in [5, 5.41) is 11.1. The summed E-state index contributed by atoms with van der Waals surface area (Å²) < 4.78 is 10.6. The van der Waals surface area contributed by atoms with Gasteiger partial charge in [0.2, 0.25) is 0 Å². The van der Waals surface area contributed by atoms with Crippen molar-refractivity contribution in [2.45, 2.75) is 6.04 Å². The highest BCUT2D eigenvalue weighted by Crippen LogP contribution is 2.39. The van der Waals surface area contributed by atoms with Gasteiger partial charge >= 0.3 is 0 Å². The molecule has 2 aliphatic rings. The third-order valence-electron chi connectivity index (χ3n) is 5.78. The lowest BCUT2D eigenvalue weighted by atomic mass is 9.95. The number of benzene rings is 2. The first-order valence-electron chi connectivity index (χ1n) is 10.4. The largest absolute Gasteiger partial charge is 0.507 e. The number of Topliss-reactive ketones (excluding diaryl/α,β-unsaturated/α-hetero) is 1. The fourth-order valence-electron chi connectivity index (χ4n) is 4.07. The summed E-state index contributed by atoms with van der Waals surface area (Å²) in [4.78, 5) is 29.8. The third kappa shape index (κ3) is 4.33. The number of morpholine rings is 1. The lowest BCUT2D eigenvalue weighted by molar-refractivity contribution is -0.140. The summed E-state index contributed by atoms with van der Waals surface area (Å²) in [7, 11) is 1.56. The molecular weight excluding hydrogens is 396 g/mol. The van der Waals surface area contributed by atoms with Gasteiger partial charge in [0.25, 0.3) is 11.7 Å². The van der Waals surface area contributed by atoms with Crippen LogP contribution >= 0.6 is 0 Å². The van der Waals surface area contributed by atoms with Crippen LogP contribution in [0.1, 0.15) is 17.2 Å². The number of carbonyl (C=O) groups is 2. The van der Waals surface area contributed by atoms with Crippen LogP contribution in [0.3, 0.4) is 0 Å².